The Morgan fingerprint density at radius 2 is 1.85 bits per heavy atom. The number of amides is 2. The summed E-state index contributed by atoms with van der Waals surface area (Å²) < 4.78 is 11.3. The van der Waals surface area contributed by atoms with Crippen LogP contribution in [-0.4, -0.2) is 59.6 Å². The second-order valence-corrected chi connectivity index (χ2v) is 10.6. The molecule has 2 N–H and O–H groups in total. The number of hydrogen-bond acceptors (Lipinski definition) is 6. The maximum atomic E-state index is 13.5. The first-order chi connectivity index (χ1) is 19.5. The maximum absolute atomic E-state index is 13.5. The normalized spacial score (nSPS) is 20.9. The molecule has 0 bridgehead atoms. The van der Waals surface area contributed by atoms with E-state index in [1.807, 2.05) is 66.7 Å². The van der Waals surface area contributed by atoms with Crippen molar-refractivity contribution < 1.29 is 29.0 Å². The van der Waals surface area contributed by atoms with Crippen LogP contribution < -0.4 is 10.1 Å². The van der Waals surface area contributed by atoms with E-state index in [-0.39, 0.29) is 43.5 Å². The molecular weight excluding hydrogens is 508 g/mol. The van der Waals surface area contributed by atoms with Gasteiger partial charge in [-0.15, -0.1) is 0 Å². The second-order valence-electron chi connectivity index (χ2n) is 10.6. The molecule has 2 heterocycles. The zero-order chi connectivity index (χ0) is 28.2. The zero-order valence-electron chi connectivity index (χ0n) is 23.0. The number of cyclic esters (lactones) is 1. The number of rotatable bonds is 9. The molecule has 0 unspecified atom stereocenters. The van der Waals surface area contributed by atoms with Crippen LogP contribution in [-0.2, 0) is 32.1 Å². The van der Waals surface area contributed by atoms with Crippen LogP contribution in [0.25, 0.3) is 0 Å². The third-order valence-electron chi connectivity index (χ3n) is 7.46. The van der Waals surface area contributed by atoms with Gasteiger partial charge in [-0.25, -0.2) is 0 Å². The Bertz CT molecular complexity index is 1130. The number of aliphatic hydroxyl groups excluding tert-OH is 1. The van der Waals surface area contributed by atoms with Crippen molar-refractivity contribution in [3.05, 3.63) is 77.9 Å². The molecule has 214 valence electrons. The summed E-state index contributed by atoms with van der Waals surface area (Å²) in [5, 5.41) is 12.9. The predicted molar refractivity (Wildman–Crippen MR) is 151 cm³/mol. The summed E-state index contributed by atoms with van der Waals surface area (Å²) >= 11 is 0. The van der Waals surface area contributed by atoms with Gasteiger partial charge in [0.1, 0.15) is 19.0 Å². The van der Waals surface area contributed by atoms with Gasteiger partial charge in [0, 0.05) is 19.4 Å². The number of nitrogens with one attached hydrogen (secondary N) is 1. The third kappa shape index (κ3) is 8.95. The van der Waals surface area contributed by atoms with E-state index in [1.165, 1.54) is 0 Å². The van der Waals surface area contributed by atoms with Crippen LogP contribution in [0.1, 0.15) is 56.1 Å². The quantitative estimate of drug-likeness (QED) is 0.363. The fourth-order valence-electron chi connectivity index (χ4n) is 5.23. The SMILES string of the molecule is O=C(C[C@H]1CC=CCCCC(=O)OC[C@@H]2CCCN2C1=O)N[C@H](CO)Cc1ccc(OCc2ccccc2)cc1. The lowest BCUT2D eigenvalue weighted by atomic mass is 9.97. The lowest BCUT2D eigenvalue weighted by molar-refractivity contribution is -0.148. The first-order valence-electron chi connectivity index (χ1n) is 14.3. The molecule has 0 aromatic heterocycles. The molecular formula is C32H40N2O6. The fourth-order valence-corrected chi connectivity index (χ4v) is 5.23. The number of benzene rings is 2. The van der Waals surface area contributed by atoms with Crippen molar-refractivity contribution in [2.75, 3.05) is 19.8 Å². The van der Waals surface area contributed by atoms with Crippen LogP contribution in [0.4, 0.5) is 0 Å². The van der Waals surface area contributed by atoms with E-state index < -0.39 is 12.0 Å². The topological polar surface area (TPSA) is 105 Å². The van der Waals surface area contributed by atoms with Gasteiger partial charge in [0.05, 0.1) is 24.6 Å². The molecule has 3 atom stereocenters. The van der Waals surface area contributed by atoms with Crippen molar-refractivity contribution in [3.63, 3.8) is 0 Å². The van der Waals surface area contributed by atoms with Crippen molar-refractivity contribution in [1.82, 2.24) is 10.2 Å². The first kappa shape index (κ1) is 29.3. The highest BCUT2D eigenvalue weighted by Crippen LogP contribution is 2.24. The van der Waals surface area contributed by atoms with Crippen molar-refractivity contribution >= 4 is 17.8 Å². The van der Waals surface area contributed by atoms with Crippen molar-refractivity contribution in [1.29, 1.82) is 0 Å². The minimum Gasteiger partial charge on any atom is -0.489 e. The van der Waals surface area contributed by atoms with Gasteiger partial charge in [0.15, 0.2) is 0 Å². The van der Waals surface area contributed by atoms with E-state index in [0.29, 0.717) is 38.8 Å². The molecule has 4 rings (SSSR count). The van der Waals surface area contributed by atoms with Crippen molar-refractivity contribution in [2.24, 2.45) is 5.92 Å². The molecule has 2 amide bonds. The third-order valence-corrected chi connectivity index (χ3v) is 7.46. The molecule has 2 aliphatic heterocycles. The number of fused-ring (bicyclic) bond motifs is 1. The second kappa shape index (κ2) is 15.2. The van der Waals surface area contributed by atoms with Crippen molar-refractivity contribution in [3.8, 4) is 5.75 Å². The van der Waals surface area contributed by atoms with Crippen LogP contribution in [0.3, 0.4) is 0 Å². The summed E-state index contributed by atoms with van der Waals surface area (Å²) in [7, 11) is 0. The molecule has 0 saturated carbocycles. The largest absolute Gasteiger partial charge is 0.489 e. The highest BCUT2D eigenvalue weighted by molar-refractivity contribution is 5.86. The molecule has 2 aromatic rings. The standard InChI is InChI=1S/C32H40N2O6/c35-21-27(19-24-14-16-29(17-15-24)39-22-25-9-4-3-5-10-25)33-30(36)20-26-11-6-1-2-7-13-31(37)40-23-28-12-8-18-34(28)32(26)38/h1,3-6,9-10,14-17,26-28,35H,2,7-8,11-13,18-23H2,(H,33,36)/t26-,27+,28+/m1/s1. The van der Waals surface area contributed by atoms with Crippen LogP contribution in [0.15, 0.2) is 66.7 Å². The highest BCUT2D eigenvalue weighted by atomic mass is 16.5. The average molecular weight is 549 g/mol. The van der Waals surface area contributed by atoms with E-state index in [9.17, 15) is 19.5 Å². The first-order valence-corrected chi connectivity index (χ1v) is 14.3. The summed E-state index contributed by atoms with van der Waals surface area (Å²) in [6.07, 6.45) is 8.28. The van der Waals surface area contributed by atoms with Gasteiger partial charge in [-0.1, -0.05) is 54.6 Å². The maximum Gasteiger partial charge on any atom is 0.305 e. The van der Waals surface area contributed by atoms with Crippen LogP contribution in [0, 0.1) is 5.92 Å². The Labute approximate surface area is 236 Å². The number of esters is 1. The van der Waals surface area contributed by atoms with E-state index >= 15 is 0 Å². The Balaban J connectivity index is 1.32. The van der Waals surface area contributed by atoms with Crippen LogP contribution >= 0.6 is 0 Å². The molecule has 8 heteroatoms. The highest BCUT2D eigenvalue weighted by Gasteiger charge is 2.34. The number of nitrogens with zero attached hydrogens (tertiary/aromatic N) is 1. The molecule has 2 aromatic carbocycles. The van der Waals surface area contributed by atoms with E-state index in [0.717, 1.165) is 36.1 Å². The summed E-state index contributed by atoms with van der Waals surface area (Å²) in [5.41, 5.74) is 2.05. The Morgan fingerprint density at radius 3 is 2.62 bits per heavy atom. The molecule has 1 saturated heterocycles. The Morgan fingerprint density at radius 1 is 1.05 bits per heavy atom. The smallest absolute Gasteiger partial charge is 0.305 e. The average Bonchev–Trinajstić information content (AvgIpc) is 3.45. The number of carbonyl (C=O) groups is 3. The minimum absolute atomic E-state index is 0.0367. The number of allylic oxidation sites excluding steroid dienone is 2. The van der Waals surface area contributed by atoms with Gasteiger partial charge in [0.2, 0.25) is 11.8 Å². The summed E-state index contributed by atoms with van der Waals surface area (Å²) in [4.78, 5) is 40.3. The number of hydrogen-bond donors (Lipinski definition) is 2. The van der Waals surface area contributed by atoms with E-state index in [2.05, 4.69) is 5.32 Å². The van der Waals surface area contributed by atoms with Gasteiger partial charge in [-0.2, -0.15) is 0 Å². The van der Waals surface area contributed by atoms with Gasteiger partial charge in [0.25, 0.3) is 0 Å². The summed E-state index contributed by atoms with van der Waals surface area (Å²) in [6, 6.07) is 17.0. The molecule has 1 fully saturated rings. The van der Waals surface area contributed by atoms with Gasteiger partial charge >= 0.3 is 5.97 Å². The van der Waals surface area contributed by atoms with Crippen molar-refractivity contribution in [2.45, 2.75) is 70.1 Å². The fraction of sp³-hybridized carbons (Fsp3) is 0.469. The van der Waals surface area contributed by atoms with Gasteiger partial charge < -0.3 is 24.8 Å². The predicted octanol–water partition coefficient (Wildman–Crippen LogP) is 3.96. The molecule has 2 aliphatic rings. The van der Waals surface area contributed by atoms with Gasteiger partial charge in [-0.3, -0.25) is 14.4 Å². The lowest BCUT2D eigenvalue weighted by Crippen LogP contribution is -2.45. The monoisotopic (exact) mass is 548 g/mol. The van der Waals surface area contributed by atoms with Gasteiger partial charge in [-0.05, 0) is 61.8 Å². The Kier molecular flexibility index (Phi) is 11.2. The molecule has 0 aliphatic carbocycles. The van der Waals surface area contributed by atoms with Crippen LogP contribution in [0.5, 0.6) is 5.75 Å². The number of carbonyl (C=O) groups excluding carboxylic acids is 3. The molecule has 0 spiro atoms. The Hall–Kier alpha value is -3.65. The zero-order valence-corrected chi connectivity index (χ0v) is 23.0. The van der Waals surface area contributed by atoms with E-state index in [1.54, 1.807) is 4.90 Å². The molecule has 8 nitrogen and oxygen atoms in total. The summed E-state index contributed by atoms with van der Waals surface area (Å²) in [6.45, 7) is 1.08. The molecule has 40 heavy (non-hydrogen) atoms. The lowest BCUT2D eigenvalue weighted by Gasteiger charge is -2.28. The molecule has 0 radical (unpaired) electrons. The minimum atomic E-state index is -0.506. The number of aliphatic hydroxyl groups is 1. The van der Waals surface area contributed by atoms with Crippen LogP contribution in [0.2, 0.25) is 0 Å². The number of ether oxygens (including phenoxy) is 2. The van der Waals surface area contributed by atoms with E-state index in [4.69, 9.17) is 9.47 Å². The summed E-state index contributed by atoms with van der Waals surface area (Å²) in [5.74, 6) is -0.331.